The zero-order valence-electron chi connectivity index (χ0n) is 15.2. The average Bonchev–Trinajstić information content (AvgIpc) is 2.65. The molecular formula is C19H14Cl2NaO7. The minimum atomic E-state index is -1.35. The maximum absolute atomic E-state index is 12.2. The molecule has 1 aromatic heterocycles. The van der Waals surface area contributed by atoms with Crippen molar-refractivity contribution >= 4 is 69.7 Å². The first-order valence-electron chi connectivity index (χ1n) is 8.04. The van der Waals surface area contributed by atoms with Gasteiger partial charge in [0.2, 0.25) is 5.76 Å². The van der Waals surface area contributed by atoms with Crippen molar-refractivity contribution in [1.82, 2.24) is 0 Å². The van der Waals surface area contributed by atoms with Gasteiger partial charge >= 0.3 is 5.97 Å². The summed E-state index contributed by atoms with van der Waals surface area (Å²) in [5.41, 5.74) is -0.492. The zero-order valence-corrected chi connectivity index (χ0v) is 18.7. The second-order valence-electron chi connectivity index (χ2n) is 5.76. The van der Waals surface area contributed by atoms with Crippen molar-refractivity contribution < 1.29 is 28.9 Å². The van der Waals surface area contributed by atoms with E-state index in [-0.39, 0.29) is 59.5 Å². The Hall–Kier alpha value is -1.74. The predicted molar refractivity (Wildman–Crippen MR) is 109 cm³/mol. The Morgan fingerprint density at radius 3 is 2.41 bits per heavy atom. The molecule has 1 heterocycles. The number of aliphatic hydroxyl groups is 1. The van der Waals surface area contributed by atoms with E-state index in [2.05, 4.69) is 0 Å². The van der Waals surface area contributed by atoms with Crippen molar-refractivity contribution in [2.45, 2.75) is 6.10 Å². The van der Waals surface area contributed by atoms with Crippen LogP contribution in [0.2, 0.25) is 10.0 Å². The first-order valence-corrected chi connectivity index (χ1v) is 8.79. The molecule has 2 aromatic carbocycles. The summed E-state index contributed by atoms with van der Waals surface area (Å²) in [5, 5.41) is 19.9. The molecule has 3 aromatic rings. The molecule has 0 saturated heterocycles. The van der Waals surface area contributed by atoms with E-state index in [4.69, 9.17) is 42.2 Å². The molecule has 1 atom stereocenters. The van der Waals surface area contributed by atoms with Crippen LogP contribution in [0.15, 0.2) is 51.7 Å². The van der Waals surface area contributed by atoms with E-state index in [1.54, 1.807) is 18.2 Å². The molecule has 1 unspecified atom stereocenters. The minimum absolute atomic E-state index is 0. The number of aliphatic hydroxyl groups excluding tert-OH is 1. The second-order valence-corrected chi connectivity index (χ2v) is 6.60. The monoisotopic (exact) mass is 447 g/mol. The van der Waals surface area contributed by atoms with Crippen LogP contribution in [0.25, 0.3) is 11.0 Å². The number of rotatable bonds is 7. The van der Waals surface area contributed by atoms with Gasteiger partial charge in [0, 0.05) is 40.6 Å². The third-order valence-corrected chi connectivity index (χ3v) is 4.21. The maximum atomic E-state index is 12.2. The Morgan fingerprint density at radius 2 is 1.76 bits per heavy atom. The summed E-state index contributed by atoms with van der Waals surface area (Å²) in [5.74, 6) is -1.30. The number of hydrogen-bond acceptors (Lipinski definition) is 6. The third kappa shape index (κ3) is 5.88. The molecule has 0 aliphatic carbocycles. The number of carboxylic acids is 1. The van der Waals surface area contributed by atoms with Gasteiger partial charge in [0.05, 0.1) is 5.02 Å². The summed E-state index contributed by atoms with van der Waals surface area (Å²) in [6, 6.07) is 10.1. The van der Waals surface area contributed by atoms with E-state index in [0.717, 1.165) is 6.07 Å². The zero-order chi connectivity index (χ0) is 20.3. The molecule has 2 N–H and O–H groups in total. The SMILES string of the molecule is O=C(O)c1cc(=O)c2c(OCC(O)COc3ccc(Cl)cc3Cl)cccc2o1.[Na]. The molecular weight excluding hydrogens is 434 g/mol. The van der Waals surface area contributed by atoms with Crippen LogP contribution in [0, 0.1) is 0 Å². The van der Waals surface area contributed by atoms with Crippen molar-refractivity contribution in [3.63, 3.8) is 0 Å². The van der Waals surface area contributed by atoms with Crippen LogP contribution in [-0.4, -0.2) is 65.1 Å². The van der Waals surface area contributed by atoms with Gasteiger partial charge in [0.25, 0.3) is 0 Å². The number of fused-ring (bicyclic) bond motifs is 1. The Kier molecular flexibility index (Phi) is 8.39. The topological polar surface area (TPSA) is 106 Å². The van der Waals surface area contributed by atoms with Gasteiger partial charge in [-0.15, -0.1) is 0 Å². The summed E-state index contributed by atoms with van der Waals surface area (Å²) in [4.78, 5) is 23.2. The number of halogens is 2. The van der Waals surface area contributed by atoms with Gasteiger partial charge in [0.15, 0.2) is 5.43 Å². The van der Waals surface area contributed by atoms with Gasteiger partial charge < -0.3 is 24.1 Å². The Bertz CT molecular complexity index is 1080. The van der Waals surface area contributed by atoms with Crippen LogP contribution < -0.4 is 14.9 Å². The van der Waals surface area contributed by atoms with Crippen molar-refractivity contribution in [3.8, 4) is 11.5 Å². The molecule has 0 aliphatic rings. The average molecular weight is 448 g/mol. The van der Waals surface area contributed by atoms with Gasteiger partial charge in [0.1, 0.15) is 41.8 Å². The summed E-state index contributed by atoms with van der Waals surface area (Å²) in [7, 11) is 0. The number of benzene rings is 2. The first kappa shape index (κ1) is 23.5. The fourth-order valence-corrected chi connectivity index (χ4v) is 2.88. The summed E-state index contributed by atoms with van der Waals surface area (Å²) in [6.45, 7) is -0.283. The second kappa shape index (κ2) is 10.3. The van der Waals surface area contributed by atoms with Gasteiger partial charge in [-0.2, -0.15) is 0 Å². The molecule has 3 rings (SSSR count). The Morgan fingerprint density at radius 1 is 1.07 bits per heavy atom. The van der Waals surface area contributed by atoms with Crippen molar-refractivity contribution in [2.24, 2.45) is 0 Å². The van der Waals surface area contributed by atoms with E-state index in [1.165, 1.54) is 18.2 Å². The molecule has 7 nitrogen and oxygen atoms in total. The van der Waals surface area contributed by atoms with Gasteiger partial charge in [-0.25, -0.2) is 4.79 Å². The minimum Gasteiger partial charge on any atom is -0.490 e. The van der Waals surface area contributed by atoms with Gasteiger partial charge in [-0.3, -0.25) is 4.79 Å². The molecule has 0 bridgehead atoms. The van der Waals surface area contributed by atoms with E-state index in [0.29, 0.717) is 15.8 Å². The number of hydrogen-bond donors (Lipinski definition) is 2. The molecule has 0 aliphatic heterocycles. The molecule has 10 heteroatoms. The number of ether oxygens (including phenoxy) is 2. The van der Waals surface area contributed by atoms with Crippen LogP contribution in [0.1, 0.15) is 10.6 Å². The maximum Gasteiger partial charge on any atom is 0.371 e. The number of carboxylic acid groups (broad SMARTS) is 1. The van der Waals surface area contributed by atoms with Crippen LogP contribution >= 0.6 is 23.2 Å². The van der Waals surface area contributed by atoms with Crippen molar-refractivity contribution in [1.29, 1.82) is 0 Å². The number of carbonyl (C=O) groups is 1. The molecule has 29 heavy (non-hydrogen) atoms. The summed E-state index contributed by atoms with van der Waals surface area (Å²) < 4.78 is 16.1. The van der Waals surface area contributed by atoms with Crippen molar-refractivity contribution in [2.75, 3.05) is 13.2 Å². The van der Waals surface area contributed by atoms with Gasteiger partial charge in [-0.05, 0) is 30.3 Å². The van der Waals surface area contributed by atoms with Crippen LogP contribution in [-0.2, 0) is 0 Å². The van der Waals surface area contributed by atoms with Gasteiger partial charge in [-0.1, -0.05) is 29.3 Å². The summed E-state index contributed by atoms with van der Waals surface area (Å²) in [6.07, 6.45) is -1.02. The van der Waals surface area contributed by atoms with Crippen LogP contribution in [0.5, 0.6) is 11.5 Å². The van der Waals surface area contributed by atoms with Crippen LogP contribution in [0.3, 0.4) is 0 Å². The standard InChI is InChI=1S/C19H14Cl2O7.Na/c20-10-4-5-14(12(21)6-10)26-8-11(22)9-27-15-2-1-3-16-18(15)13(23)7-17(28-16)19(24)25;/h1-7,11,22H,8-9H2,(H,24,25);. The smallest absolute Gasteiger partial charge is 0.371 e. The molecule has 0 fully saturated rings. The fraction of sp³-hybridized carbons (Fsp3) is 0.158. The van der Waals surface area contributed by atoms with E-state index < -0.39 is 23.3 Å². The largest absolute Gasteiger partial charge is 0.490 e. The fourth-order valence-electron chi connectivity index (χ4n) is 2.42. The number of aromatic carboxylic acids is 1. The van der Waals surface area contributed by atoms with E-state index in [1.807, 2.05) is 0 Å². The van der Waals surface area contributed by atoms with Crippen molar-refractivity contribution in [3.05, 3.63) is 68.5 Å². The van der Waals surface area contributed by atoms with E-state index >= 15 is 0 Å². The van der Waals surface area contributed by atoms with Crippen LogP contribution in [0.4, 0.5) is 0 Å². The summed E-state index contributed by atoms with van der Waals surface area (Å²) >= 11 is 11.8. The third-order valence-electron chi connectivity index (χ3n) is 3.68. The normalized spacial score (nSPS) is 11.6. The quantitative estimate of drug-likeness (QED) is 0.535. The molecule has 1 radical (unpaired) electrons. The molecule has 147 valence electrons. The molecule has 0 saturated carbocycles. The molecule has 0 amide bonds. The Labute approximate surface area is 197 Å². The first-order chi connectivity index (χ1) is 13.3. The Balaban J connectivity index is 0.00000300. The predicted octanol–water partition coefficient (Wildman–Crippen LogP) is 3.24. The van der Waals surface area contributed by atoms with E-state index in [9.17, 15) is 14.7 Å². The molecule has 0 spiro atoms.